The van der Waals surface area contributed by atoms with E-state index in [1.807, 2.05) is 12.1 Å². The van der Waals surface area contributed by atoms with Crippen molar-refractivity contribution in [2.75, 3.05) is 0 Å². The topological polar surface area (TPSA) is 26.3 Å². The molecule has 0 aliphatic heterocycles. The molecule has 2 rings (SSSR count). The van der Waals surface area contributed by atoms with Gasteiger partial charge in [-0.1, -0.05) is 18.7 Å². The number of carbonyl (C=O) groups is 1. The van der Waals surface area contributed by atoms with Crippen LogP contribution in [0.15, 0.2) is 36.9 Å². The second-order valence-corrected chi connectivity index (χ2v) is 5.20. The zero-order valence-electron chi connectivity index (χ0n) is 11.4. The van der Waals surface area contributed by atoms with Crippen LogP contribution in [0.2, 0.25) is 0 Å². The summed E-state index contributed by atoms with van der Waals surface area (Å²) < 4.78 is 5.98. The van der Waals surface area contributed by atoms with Gasteiger partial charge in [0.25, 0.3) is 0 Å². The Morgan fingerprint density at radius 1 is 1.37 bits per heavy atom. The van der Waals surface area contributed by atoms with Crippen LogP contribution in [0.25, 0.3) is 0 Å². The van der Waals surface area contributed by atoms with E-state index in [1.54, 1.807) is 0 Å². The van der Waals surface area contributed by atoms with Crippen LogP contribution in [0.4, 0.5) is 0 Å². The van der Waals surface area contributed by atoms with E-state index in [4.69, 9.17) is 4.74 Å². The Hall–Kier alpha value is -1.57. The Balaban J connectivity index is 1.83. The van der Waals surface area contributed by atoms with E-state index in [0.29, 0.717) is 12.5 Å². The minimum atomic E-state index is 0.123. The molecule has 1 fully saturated rings. The lowest BCUT2D eigenvalue weighted by atomic mass is 10.1. The van der Waals surface area contributed by atoms with E-state index >= 15 is 0 Å². The standard InChI is InChI=1S/C17H22O2/c1-2-15(18)9-5-7-14-8-6-12-17(13-14)19-16-10-3-4-11-16/h2,6,8,12-13,16H,1,3-5,7,9-11H2. The molecule has 1 aromatic rings. The van der Waals surface area contributed by atoms with Gasteiger partial charge in [-0.15, -0.1) is 0 Å². The summed E-state index contributed by atoms with van der Waals surface area (Å²) in [6.45, 7) is 3.49. The van der Waals surface area contributed by atoms with Crippen LogP contribution in [0.3, 0.4) is 0 Å². The Kier molecular flexibility index (Phi) is 5.20. The maximum Gasteiger partial charge on any atom is 0.155 e. The van der Waals surface area contributed by atoms with Gasteiger partial charge < -0.3 is 4.74 Å². The first kappa shape index (κ1) is 13.9. The summed E-state index contributed by atoms with van der Waals surface area (Å²) in [5, 5.41) is 0. The third kappa shape index (κ3) is 4.55. The molecule has 2 heteroatoms. The summed E-state index contributed by atoms with van der Waals surface area (Å²) in [6.07, 6.45) is 9.10. The van der Waals surface area contributed by atoms with Crippen LogP contribution >= 0.6 is 0 Å². The fourth-order valence-corrected chi connectivity index (χ4v) is 2.54. The van der Waals surface area contributed by atoms with Crippen molar-refractivity contribution in [2.24, 2.45) is 0 Å². The fourth-order valence-electron chi connectivity index (χ4n) is 2.54. The normalized spacial score (nSPS) is 15.4. The van der Waals surface area contributed by atoms with Crippen molar-refractivity contribution >= 4 is 5.78 Å². The van der Waals surface area contributed by atoms with Crippen molar-refractivity contribution < 1.29 is 9.53 Å². The van der Waals surface area contributed by atoms with Gasteiger partial charge in [0.1, 0.15) is 5.75 Å². The van der Waals surface area contributed by atoms with E-state index in [1.165, 1.54) is 37.3 Å². The molecular weight excluding hydrogens is 236 g/mol. The second kappa shape index (κ2) is 7.13. The summed E-state index contributed by atoms with van der Waals surface area (Å²) >= 11 is 0. The molecule has 102 valence electrons. The SMILES string of the molecule is C=CC(=O)CCCc1cccc(OC2CCCC2)c1. The van der Waals surface area contributed by atoms with Crippen molar-refractivity contribution in [1.82, 2.24) is 0 Å². The van der Waals surface area contributed by atoms with Crippen LogP contribution in [0.1, 0.15) is 44.1 Å². The summed E-state index contributed by atoms with van der Waals surface area (Å²) in [4.78, 5) is 11.2. The highest BCUT2D eigenvalue weighted by Crippen LogP contribution is 2.24. The number of hydrogen-bond acceptors (Lipinski definition) is 2. The predicted octanol–water partition coefficient (Wildman–Crippen LogP) is 4.09. The zero-order valence-corrected chi connectivity index (χ0v) is 11.4. The van der Waals surface area contributed by atoms with Gasteiger partial charge in [-0.05, 0) is 62.3 Å². The highest BCUT2D eigenvalue weighted by atomic mass is 16.5. The van der Waals surface area contributed by atoms with Gasteiger partial charge in [0.2, 0.25) is 0 Å². The average molecular weight is 258 g/mol. The van der Waals surface area contributed by atoms with Crippen LogP contribution < -0.4 is 4.74 Å². The van der Waals surface area contributed by atoms with E-state index in [2.05, 4.69) is 18.7 Å². The molecule has 0 atom stereocenters. The molecule has 0 N–H and O–H groups in total. The highest BCUT2D eigenvalue weighted by molar-refractivity contribution is 5.88. The Morgan fingerprint density at radius 2 is 2.16 bits per heavy atom. The molecular formula is C17H22O2. The highest BCUT2D eigenvalue weighted by Gasteiger charge is 2.16. The van der Waals surface area contributed by atoms with Crippen LogP contribution in [-0.4, -0.2) is 11.9 Å². The van der Waals surface area contributed by atoms with Gasteiger partial charge in [-0.2, -0.15) is 0 Å². The van der Waals surface area contributed by atoms with E-state index < -0.39 is 0 Å². The van der Waals surface area contributed by atoms with Gasteiger partial charge in [-0.3, -0.25) is 4.79 Å². The van der Waals surface area contributed by atoms with E-state index in [9.17, 15) is 4.79 Å². The molecule has 0 aromatic heterocycles. The van der Waals surface area contributed by atoms with Crippen LogP contribution in [0, 0.1) is 0 Å². The largest absolute Gasteiger partial charge is 0.490 e. The third-order valence-electron chi connectivity index (χ3n) is 3.62. The second-order valence-electron chi connectivity index (χ2n) is 5.20. The number of benzene rings is 1. The quantitative estimate of drug-likeness (QED) is 0.689. The maximum atomic E-state index is 11.2. The Morgan fingerprint density at radius 3 is 2.89 bits per heavy atom. The van der Waals surface area contributed by atoms with Gasteiger partial charge >= 0.3 is 0 Å². The number of hydrogen-bond donors (Lipinski definition) is 0. The first-order valence-corrected chi connectivity index (χ1v) is 7.19. The van der Waals surface area contributed by atoms with Gasteiger partial charge in [0.05, 0.1) is 6.10 Å². The molecule has 1 aliphatic rings. The zero-order chi connectivity index (χ0) is 13.5. The fraction of sp³-hybridized carbons (Fsp3) is 0.471. The number of carbonyl (C=O) groups excluding carboxylic acids is 1. The summed E-state index contributed by atoms with van der Waals surface area (Å²) in [6, 6.07) is 8.27. The molecule has 1 aliphatic carbocycles. The van der Waals surface area contributed by atoms with E-state index in [0.717, 1.165) is 18.6 Å². The summed E-state index contributed by atoms with van der Waals surface area (Å²) in [5.41, 5.74) is 1.24. The number of allylic oxidation sites excluding steroid dienone is 1. The molecule has 1 saturated carbocycles. The molecule has 1 aromatic carbocycles. The summed E-state index contributed by atoms with van der Waals surface area (Å²) in [7, 11) is 0. The Labute approximate surface area is 115 Å². The molecule has 0 saturated heterocycles. The molecule has 0 amide bonds. The van der Waals surface area contributed by atoms with Gasteiger partial charge in [0.15, 0.2) is 5.78 Å². The van der Waals surface area contributed by atoms with Gasteiger partial charge in [-0.25, -0.2) is 0 Å². The maximum absolute atomic E-state index is 11.2. The third-order valence-corrected chi connectivity index (χ3v) is 3.62. The minimum Gasteiger partial charge on any atom is -0.490 e. The Bertz CT molecular complexity index is 431. The molecule has 0 bridgehead atoms. The number of ether oxygens (including phenoxy) is 1. The predicted molar refractivity (Wildman–Crippen MR) is 77.5 cm³/mol. The van der Waals surface area contributed by atoms with Crippen LogP contribution in [-0.2, 0) is 11.2 Å². The van der Waals surface area contributed by atoms with Crippen molar-refractivity contribution in [1.29, 1.82) is 0 Å². The van der Waals surface area contributed by atoms with Crippen molar-refractivity contribution in [3.63, 3.8) is 0 Å². The smallest absolute Gasteiger partial charge is 0.155 e. The number of aryl methyl sites for hydroxylation is 1. The molecule has 2 nitrogen and oxygen atoms in total. The molecule has 0 spiro atoms. The molecule has 0 heterocycles. The lowest BCUT2D eigenvalue weighted by Gasteiger charge is -2.13. The molecule has 0 radical (unpaired) electrons. The van der Waals surface area contributed by atoms with Crippen LogP contribution in [0.5, 0.6) is 5.75 Å². The number of rotatable bonds is 7. The average Bonchev–Trinajstić information content (AvgIpc) is 2.92. The number of ketones is 1. The lowest BCUT2D eigenvalue weighted by molar-refractivity contribution is -0.114. The minimum absolute atomic E-state index is 0.123. The monoisotopic (exact) mass is 258 g/mol. The summed E-state index contributed by atoms with van der Waals surface area (Å²) in [5.74, 6) is 1.10. The molecule has 19 heavy (non-hydrogen) atoms. The van der Waals surface area contributed by atoms with Gasteiger partial charge in [0, 0.05) is 6.42 Å². The van der Waals surface area contributed by atoms with Crippen molar-refractivity contribution in [3.05, 3.63) is 42.5 Å². The molecule has 0 unspecified atom stereocenters. The van der Waals surface area contributed by atoms with Crippen molar-refractivity contribution in [2.45, 2.75) is 51.0 Å². The lowest BCUT2D eigenvalue weighted by Crippen LogP contribution is -2.10. The first-order chi connectivity index (χ1) is 9.28. The first-order valence-electron chi connectivity index (χ1n) is 7.19. The van der Waals surface area contributed by atoms with E-state index in [-0.39, 0.29) is 5.78 Å². The van der Waals surface area contributed by atoms with Crippen molar-refractivity contribution in [3.8, 4) is 5.75 Å².